The van der Waals surface area contributed by atoms with Gasteiger partial charge in [-0.25, -0.2) is 0 Å². The lowest BCUT2D eigenvalue weighted by Gasteiger charge is -2.16. The van der Waals surface area contributed by atoms with E-state index in [2.05, 4.69) is 34.0 Å². The molecule has 0 amide bonds. The van der Waals surface area contributed by atoms with Crippen LogP contribution in [0.1, 0.15) is 18.9 Å². The summed E-state index contributed by atoms with van der Waals surface area (Å²) >= 11 is 0. The van der Waals surface area contributed by atoms with Gasteiger partial charge < -0.3 is 9.47 Å². The fourth-order valence-corrected chi connectivity index (χ4v) is 2.56. The van der Waals surface area contributed by atoms with E-state index in [-0.39, 0.29) is 12.1 Å². The van der Waals surface area contributed by atoms with Crippen molar-refractivity contribution in [3.8, 4) is 5.75 Å². The van der Waals surface area contributed by atoms with E-state index in [0.29, 0.717) is 6.61 Å². The summed E-state index contributed by atoms with van der Waals surface area (Å²) in [6.45, 7) is 5.15. The molecule has 0 radical (unpaired) electrons. The van der Waals surface area contributed by atoms with Crippen molar-refractivity contribution in [1.82, 2.24) is 4.90 Å². The molecule has 0 saturated carbocycles. The number of hydrogen-bond acceptors (Lipinski definition) is 4. The highest BCUT2D eigenvalue weighted by molar-refractivity contribution is 5.27. The number of likely N-dealkylation sites (tertiary alicyclic amines) is 1. The Morgan fingerprint density at radius 1 is 1.33 bits per heavy atom. The van der Waals surface area contributed by atoms with E-state index in [0.717, 1.165) is 31.8 Å². The van der Waals surface area contributed by atoms with Crippen LogP contribution in [0.5, 0.6) is 5.75 Å². The Bertz CT molecular complexity index is 485. The van der Waals surface area contributed by atoms with Gasteiger partial charge in [0.1, 0.15) is 5.75 Å². The zero-order chi connectivity index (χ0) is 15.1. The van der Waals surface area contributed by atoms with Crippen molar-refractivity contribution in [3.05, 3.63) is 40.3 Å². The molecule has 1 fully saturated rings. The van der Waals surface area contributed by atoms with Gasteiger partial charge in [-0.1, -0.05) is 24.2 Å². The molecule has 1 aromatic carbocycles. The van der Waals surface area contributed by atoms with E-state index < -0.39 is 0 Å². The molecule has 6 heteroatoms. The van der Waals surface area contributed by atoms with E-state index in [9.17, 15) is 0 Å². The summed E-state index contributed by atoms with van der Waals surface area (Å²) in [5, 5.41) is 3.87. The predicted molar refractivity (Wildman–Crippen MR) is 81.2 cm³/mol. The molecule has 2 atom stereocenters. The minimum absolute atomic E-state index is 0.000835. The Hall–Kier alpha value is -1.75. The van der Waals surface area contributed by atoms with Gasteiger partial charge in [0.2, 0.25) is 0 Å². The molecule has 0 spiro atoms. The fraction of sp³-hybridized carbons (Fsp3) is 0.600. The maximum atomic E-state index is 8.67. The van der Waals surface area contributed by atoms with Crippen LogP contribution in [0, 0.1) is 0 Å². The molecule has 21 heavy (non-hydrogen) atoms. The molecule has 1 heterocycles. The van der Waals surface area contributed by atoms with Crippen molar-refractivity contribution in [3.63, 3.8) is 0 Å². The molecule has 6 nitrogen and oxygen atoms in total. The zero-order valence-electron chi connectivity index (χ0n) is 12.6. The Morgan fingerprint density at radius 2 is 2.10 bits per heavy atom. The van der Waals surface area contributed by atoms with Crippen LogP contribution < -0.4 is 4.74 Å². The standard InChI is InChI=1S/C15H22N4O2/c1-3-8-21-15-11-19(10-14(15)17-18-16)9-12-4-6-13(20-2)7-5-12/h4-7,14-15H,3,8-11H2,1-2H3/t14-,15-/m1/s1. The molecule has 0 unspecified atom stereocenters. The van der Waals surface area contributed by atoms with Crippen LogP contribution in [0.3, 0.4) is 0 Å². The van der Waals surface area contributed by atoms with Crippen molar-refractivity contribution in [2.75, 3.05) is 26.8 Å². The summed E-state index contributed by atoms with van der Waals surface area (Å²) in [5.74, 6) is 0.858. The average Bonchev–Trinajstić information content (AvgIpc) is 2.88. The Morgan fingerprint density at radius 3 is 2.71 bits per heavy atom. The molecular formula is C15H22N4O2. The third-order valence-corrected chi connectivity index (χ3v) is 3.61. The van der Waals surface area contributed by atoms with Crippen LogP contribution in [0.25, 0.3) is 10.4 Å². The van der Waals surface area contributed by atoms with Crippen molar-refractivity contribution in [2.24, 2.45) is 5.11 Å². The highest BCUT2D eigenvalue weighted by Crippen LogP contribution is 2.20. The predicted octanol–water partition coefficient (Wildman–Crippen LogP) is 2.98. The van der Waals surface area contributed by atoms with E-state index in [4.69, 9.17) is 15.0 Å². The quantitative estimate of drug-likeness (QED) is 0.440. The summed E-state index contributed by atoms with van der Waals surface area (Å²) in [5.41, 5.74) is 9.89. The van der Waals surface area contributed by atoms with Crippen LogP contribution >= 0.6 is 0 Å². The van der Waals surface area contributed by atoms with E-state index in [1.54, 1.807) is 7.11 Å². The second-order valence-corrected chi connectivity index (χ2v) is 5.22. The summed E-state index contributed by atoms with van der Waals surface area (Å²) in [4.78, 5) is 5.21. The number of hydrogen-bond donors (Lipinski definition) is 0. The number of methoxy groups -OCH3 is 1. The molecule has 0 bridgehead atoms. The summed E-state index contributed by atoms with van der Waals surface area (Å²) in [7, 11) is 1.66. The van der Waals surface area contributed by atoms with Gasteiger partial charge in [-0.3, -0.25) is 4.90 Å². The first-order valence-corrected chi connectivity index (χ1v) is 7.28. The van der Waals surface area contributed by atoms with Crippen LogP contribution in [-0.2, 0) is 11.3 Å². The molecule has 0 aliphatic carbocycles. The number of nitrogens with zero attached hydrogens (tertiary/aromatic N) is 4. The van der Waals surface area contributed by atoms with Gasteiger partial charge in [-0.05, 0) is 29.6 Å². The number of rotatable bonds is 7. The highest BCUT2D eigenvalue weighted by Gasteiger charge is 2.32. The lowest BCUT2D eigenvalue weighted by atomic mass is 10.2. The second kappa shape index (κ2) is 7.88. The molecule has 1 aliphatic rings. The first-order chi connectivity index (χ1) is 10.3. The van der Waals surface area contributed by atoms with Crippen molar-refractivity contribution in [2.45, 2.75) is 32.0 Å². The average molecular weight is 290 g/mol. The lowest BCUT2D eigenvalue weighted by molar-refractivity contribution is 0.0510. The lowest BCUT2D eigenvalue weighted by Crippen LogP contribution is -2.26. The Balaban J connectivity index is 1.95. The Labute approximate surface area is 125 Å². The van der Waals surface area contributed by atoms with E-state index >= 15 is 0 Å². The van der Waals surface area contributed by atoms with Crippen molar-refractivity contribution in [1.29, 1.82) is 0 Å². The second-order valence-electron chi connectivity index (χ2n) is 5.22. The number of ether oxygens (including phenoxy) is 2. The normalized spacial score (nSPS) is 22.0. The first-order valence-electron chi connectivity index (χ1n) is 7.28. The number of benzene rings is 1. The summed E-state index contributed by atoms with van der Waals surface area (Å²) < 4.78 is 11.0. The maximum Gasteiger partial charge on any atom is 0.118 e. The minimum Gasteiger partial charge on any atom is -0.497 e. The third-order valence-electron chi connectivity index (χ3n) is 3.61. The van der Waals surface area contributed by atoms with Gasteiger partial charge in [0.05, 0.1) is 19.3 Å². The van der Waals surface area contributed by atoms with Gasteiger partial charge >= 0.3 is 0 Å². The van der Waals surface area contributed by atoms with Gasteiger partial charge in [-0.15, -0.1) is 0 Å². The van der Waals surface area contributed by atoms with Gasteiger partial charge in [0.15, 0.2) is 0 Å². The molecule has 2 rings (SSSR count). The molecular weight excluding hydrogens is 268 g/mol. The summed E-state index contributed by atoms with van der Waals surface area (Å²) in [6, 6.07) is 7.94. The molecule has 0 aromatic heterocycles. The highest BCUT2D eigenvalue weighted by atomic mass is 16.5. The fourth-order valence-electron chi connectivity index (χ4n) is 2.56. The van der Waals surface area contributed by atoms with Gasteiger partial charge in [0, 0.05) is 31.2 Å². The van der Waals surface area contributed by atoms with Gasteiger partial charge in [0.25, 0.3) is 0 Å². The molecule has 0 N–H and O–H groups in total. The third kappa shape index (κ3) is 4.36. The van der Waals surface area contributed by atoms with Crippen LogP contribution in [0.4, 0.5) is 0 Å². The van der Waals surface area contributed by atoms with Crippen molar-refractivity contribution >= 4 is 0 Å². The zero-order valence-corrected chi connectivity index (χ0v) is 12.6. The maximum absolute atomic E-state index is 8.67. The molecule has 114 valence electrons. The largest absolute Gasteiger partial charge is 0.497 e. The first kappa shape index (κ1) is 15.6. The SMILES string of the molecule is CCCO[C@@H]1CN(Cc2ccc(OC)cc2)C[C@H]1N=[N+]=[N-]. The Kier molecular flexibility index (Phi) is 5.87. The van der Waals surface area contributed by atoms with Crippen LogP contribution in [0.15, 0.2) is 29.4 Å². The monoisotopic (exact) mass is 290 g/mol. The summed E-state index contributed by atoms with van der Waals surface area (Å²) in [6.07, 6.45) is 0.969. The van der Waals surface area contributed by atoms with Crippen molar-refractivity contribution < 1.29 is 9.47 Å². The van der Waals surface area contributed by atoms with Gasteiger partial charge in [-0.2, -0.15) is 0 Å². The smallest absolute Gasteiger partial charge is 0.118 e. The molecule has 1 aromatic rings. The van der Waals surface area contributed by atoms with Crippen LogP contribution in [-0.4, -0.2) is 43.9 Å². The topological polar surface area (TPSA) is 70.5 Å². The van der Waals surface area contributed by atoms with Crippen LogP contribution in [0.2, 0.25) is 0 Å². The molecule has 1 saturated heterocycles. The molecule has 1 aliphatic heterocycles. The van der Waals surface area contributed by atoms with E-state index in [1.165, 1.54) is 5.56 Å². The minimum atomic E-state index is -0.0974. The van der Waals surface area contributed by atoms with E-state index in [1.807, 2.05) is 12.1 Å². The number of azide groups is 1.